The molecule has 2 heterocycles. The fraction of sp³-hybridized carbons (Fsp3) is 0.0233. The van der Waals surface area contributed by atoms with Crippen molar-refractivity contribution in [2.45, 2.75) is 5.92 Å². The minimum Gasteiger partial charge on any atom is -0.232 e. The second kappa shape index (κ2) is 9.93. The third-order valence-electron chi connectivity index (χ3n) is 9.55. The first-order valence-corrected chi connectivity index (χ1v) is 16.5. The van der Waals surface area contributed by atoms with Gasteiger partial charge in [-0.25, -0.2) is 9.97 Å². The molecule has 0 spiro atoms. The highest BCUT2D eigenvalue weighted by Crippen LogP contribution is 2.49. The van der Waals surface area contributed by atoms with Gasteiger partial charge in [0.05, 0.1) is 17.1 Å². The van der Waals surface area contributed by atoms with Crippen LogP contribution < -0.4 is 0 Å². The van der Waals surface area contributed by atoms with Crippen LogP contribution in [0.15, 0.2) is 152 Å². The summed E-state index contributed by atoms with van der Waals surface area (Å²) in [7, 11) is 0. The van der Waals surface area contributed by atoms with Crippen molar-refractivity contribution in [2.75, 3.05) is 0 Å². The van der Waals surface area contributed by atoms with Gasteiger partial charge >= 0.3 is 0 Å². The van der Waals surface area contributed by atoms with Gasteiger partial charge in [0.25, 0.3) is 0 Å². The van der Waals surface area contributed by atoms with E-state index in [-0.39, 0.29) is 5.92 Å². The van der Waals surface area contributed by atoms with Crippen molar-refractivity contribution in [2.24, 2.45) is 0 Å². The molecule has 2 aromatic heterocycles. The lowest BCUT2D eigenvalue weighted by Crippen LogP contribution is -2.07. The molecule has 0 fully saturated rings. The summed E-state index contributed by atoms with van der Waals surface area (Å²) < 4.78 is 2.66. The van der Waals surface area contributed by atoms with Gasteiger partial charge in [0.2, 0.25) is 0 Å². The molecule has 0 N–H and O–H groups in total. The van der Waals surface area contributed by atoms with E-state index in [0.717, 1.165) is 28.0 Å². The molecule has 0 radical (unpaired) electrons. The maximum atomic E-state index is 5.43. The first-order valence-electron chi connectivity index (χ1n) is 15.7. The van der Waals surface area contributed by atoms with Crippen LogP contribution in [-0.2, 0) is 0 Å². The summed E-state index contributed by atoms with van der Waals surface area (Å²) in [6.45, 7) is 0. The van der Waals surface area contributed by atoms with Crippen LogP contribution in [0.5, 0.6) is 0 Å². The predicted molar refractivity (Wildman–Crippen MR) is 194 cm³/mol. The standard InChI is InChI=1S/C43H26N2S/c1-2-11-27(12-3-1)42-41-30-13-5-4-10-26(30)19-22-37(41)44-43(45-42)40-33-16-7-6-14-31(33)35-24-28(18-21-34(35)40)29-20-23-39-36(25-29)32-15-8-9-17-38(32)46-39/h1-25,40H. The molecule has 1 aliphatic carbocycles. The summed E-state index contributed by atoms with van der Waals surface area (Å²) in [5, 5.41) is 6.12. The Balaban J connectivity index is 1.18. The van der Waals surface area contributed by atoms with Crippen LogP contribution in [0.1, 0.15) is 22.9 Å². The quantitative estimate of drug-likeness (QED) is 0.188. The topological polar surface area (TPSA) is 25.8 Å². The number of aromatic nitrogens is 2. The number of thiophene rings is 1. The molecule has 2 nitrogen and oxygen atoms in total. The molecule has 7 aromatic carbocycles. The van der Waals surface area contributed by atoms with Crippen molar-refractivity contribution in [3.05, 3.63) is 169 Å². The first-order chi connectivity index (χ1) is 22.8. The van der Waals surface area contributed by atoms with Gasteiger partial charge in [-0.1, -0.05) is 121 Å². The normalized spacial score (nSPS) is 13.9. The van der Waals surface area contributed by atoms with Crippen LogP contribution in [0.25, 0.3) is 75.4 Å². The fourth-order valence-corrected chi connectivity index (χ4v) is 8.51. The van der Waals surface area contributed by atoms with Crippen molar-refractivity contribution in [1.29, 1.82) is 0 Å². The highest BCUT2D eigenvalue weighted by Gasteiger charge is 2.33. The molecule has 1 atom stereocenters. The van der Waals surface area contributed by atoms with Crippen molar-refractivity contribution >= 4 is 53.2 Å². The molecule has 1 unspecified atom stereocenters. The molecule has 214 valence electrons. The zero-order chi connectivity index (χ0) is 30.2. The molecule has 0 aliphatic heterocycles. The average Bonchev–Trinajstić information content (AvgIpc) is 3.66. The van der Waals surface area contributed by atoms with Crippen molar-refractivity contribution < 1.29 is 0 Å². The lowest BCUT2D eigenvalue weighted by atomic mass is 9.93. The van der Waals surface area contributed by atoms with Crippen molar-refractivity contribution in [3.8, 4) is 33.5 Å². The number of hydrogen-bond donors (Lipinski definition) is 0. The van der Waals surface area contributed by atoms with E-state index in [2.05, 4.69) is 152 Å². The molecular formula is C43H26N2S. The van der Waals surface area contributed by atoms with Gasteiger partial charge in [-0.15, -0.1) is 11.3 Å². The van der Waals surface area contributed by atoms with Gasteiger partial charge in [0, 0.05) is 31.1 Å². The summed E-state index contributed by atoms with van der Waals surface area (Å²) in [5.74, 6) is 0.786. The number of hydrogen-bond acceptors (Lipinski definition) is 3. The fourth-order valence-electron chi connectivity index (χ4n) is 7.42. The maximum Gasteiger partial charge on any atom is 0.141 e. The van der Waals surface area contributed by atoms with Crippen LogP contribution >= 0.6 is 11.3 Å². The molecule has 0 saturated heterocycles. The molecule has 9 aromatic rings. The monoisotopic (exact) mass is 602 g/mol. The number of benzene rings is 7. The van der Waals surface area contributed by atoms with Gasteiger partial charge in [0.15, 0.2) is 0 Å². The zero-order valence-corrected chi connectivity index (χ0v) is 25.6. The predicted octanol–water partition coefficient (Wildman–Crippen LogP) is 11.6. The Morgan fingerprint density at radius 3 is 2.11 bits per heavy atom. The largest absolute Gasteiger partial charge is 0.232 e. The van der Waals surface area contributed by atoms with Gasteiger partial charge in [-0.2, -0.15) is 0 Å². The van der Waals surface area contributed by atoms with E-state index in [4.69, 9.17) is 9.97 Å². The second-order valence-electron chi connectivity index (χ2n) is 12.1. The zero-order valence-electron chi connectivity index (χ0n) is 24.8. The number of fused-ring (bicyclic) bond motifs is 9. The highest BCUT2D eigenvalue weighted by atomic mass is 32.1. The third-order valence-corrected chi connectivity index (χ3v) is 10.7. The Bertz CT molecular complexity index is 2650. The minimum atomic E-state index is -0.0538. The molecule has 10 rings (SSSR count). The molecule has 46 heavy (non-hydrogen) atoms. The van der Waals surface area contributed by atoms with E-state index in [9.17, 15) is 0 Å². The smallest absolute Gasteiger partial charge is 0.141 e. The lowest BCUT2D eigenvalue weighted by molar-refractivity contribution is 0.891. The first kappa shape index (κ1) is 25.7. The molecular weight excluding hydrogens is 577 g/mol. The molecule has 0 saturated carbocycles. The Morgan fingerprint density at radius 2 is 1.17 bits per heavy atom. The van der Waals surface area contributed by atoms with Crippen molar-refractivity contribution in [1.82, 2.24) is 9.97 Å². The van der Waals surface area contributed by atoms with Crippen LogP contribution in [0.2, 0.25) is 0 Å². The lowest BCUT2D eigenvalue weighted by Gasteiger charge is -2.17. The van der Waals surface area contributed by atoms with Crippen LogP contribution in [0.3, 0.4) is 0 Å². The van der Waals surface area contributed by atoms with Crippen LogP contribution in [0.4, 0.5) is 0 Å². The number of rotatable bonds is 3. The SMILES string of the molecule is c1ccc(-c2nc(C3c4ccccc4-c4cc(-c5ccc6sc7ccccc7c6c5)ccc43)nc3ccc4ccccc4c23)cc1. The van der Waals surface area contributed by atoms with E-state index >= 15 is 0 Å². The Labute approximate surface area is 270 Å². The summed E-state index contributed by atoms with van der Waals surface area (Å²) in [5.41, 5.74) is 10.6. The van der Waals surface area contributed by atoms with Gasteiger partial charge in [-0.3, -0.25) is 0 Å². The third kappa shape index (κ3) is 3.82. The Kier molecular flexibility index (Phi) is 5.54. The maximum absolute atomic E-state index is 5.43. The van der Waals surface area contributed by atoms with Crippen LogP contribution in [-0.4, -0.2) is 9.97 Å². The summed E-state index contributed by atoms with van der Waals surface area (Å²) in [6.07, 6.45) is 0. The Morgan fingerprint density at radius 1 is 0.457 bits per heavy atom. The molecule has 0 amide bonds. The van der Waals surface area contributed by atoms with Gasteiger partial charge < -0.3 is 0 Å². The molecule has 0 bridgehead atoms. The van der Waals surface area contributed by atoms with Gasteiger partial charge in [-0.05, 0) is 74.5 Å². The van der Waals surface area contributed by atoms with Crippen molar-refractivity contribution in [3.63, 3.8) is 0 Å². The Hall–Kier alpha value is -5.64. The molecule has 3 heteroatoms. The van der Waals surface area contributed by atoms with E-state index < -0.39 is 0 Å². The van der Waals surface area contributed by atoms with E-state index in [1.54, 1.807) is 0 Å². The van der Waals surface area contributed by atoms with E-state index in [1.807, 2.05) is 11.3 Å². The average molecular weight is 603 g/mol. The summed E-state index contributed by atoms with van der Waals surface area (Å²) in [4.78, 5) is 10.7. The summed E-state index contributed by atoms with van der Waals surface area (Å²) in [6, 6.07) is 54.8. The van der Waals surface area contributed by atoms with E-state index in [1.165, 1.54) is 64.3 Å². The van der Waals surface area contributed by atoms with E-state index in [0.29, 0.717) is 0 Å². The second-order valence-corrected chi connectivity index (χ2v) is 13.2. The van der Waals surface area contributed by atoms with Crippen LogP contribution in [0, 0.1) is 0 Å². The summed E-state index contributed by atoms with van der Waals surface area (Å²) >= 11 is 1.86. The molecule has 1 aliphatic rings. The van der Waals surface area contributed by atoms with Gasteiger partial charge in [0.1, 0.15) is 5.82 Å². The minimum absolute atomic E-state index is 0.0538. The number of nitrogens with zero attached hydrogens (tertiary/aromatic N) is 2. The highest BCUT2D eigenvalue weighted by molar-refractivity contribution is 7.25.